The summed E-state index contributed by atoms with van der Waals surface area (Å²) in [5.41, 5.74) is 2.78. The fourth-order valence-electron chi connectivity index (χ4n) is 4.01. The van der Waals surface area contributed by atoms with E-state index in [9.17, 15) is 18.0 Å². The number of fused-ring (bicyclic) bond motifs is 1. The Hall–Kier alpha value is -3.47. The maximum absolute atomic E-state index is 13.8. The molecule has 0 saturated carbocycles. The van der Waals surface area contributed by atoms with Gasteiger partial charge in [0, 0.05) is 42.1 Å². The molecular formula is C27H23ClF3N3O3S. The Morgan fingerprint density at radius 1 is 0.895 bits per heavy atom. The van der Waals surface area contributed by atoms with E-state index in [0.29, 0.717) is 18.1 Å². The number of aromatic nitrogens is 1. The van der Waals surface area contributed by atoms with E-state index in [1.54, 1.807) is 11.8 Å². The lowest BCUT2D eigenvalue weighted by molar-refractivity contribution is -0.192. The molecule has 6 nitrogen and oxygen atoms in total. The van der Waals surface area contributed by atoms with Crippen LogP contribution >= 0.6 is 23.4 Å². The van der Waals surface area contributed by atoms with Gasteiger partial charge >= 0.3 is 12.1 Å². The zero-order chi connectivity index (χ0) is 27.3. The Bertz CT molecular complexity index is 1440. The van der Waals surface area contributed by atoms with Crippen LogP contribution in [0.25, 0.3) is 16.6 Å². The summed E-state index contributed by atoms with van der Waals surface area (Å²) in [6.45, 7) is 3.05. The second-order valence-electron chi connectivity index (χ2n) is 8.25. The molecule has 4 aromatic rings. The molecule has 1 fully saturated rings. The van der Waals surface area contributed by atoms with Crippen molar-refractivity contribution in [1.29, 1.82) is 0 Å². The molecule has 1 aromatic heterocycles. The van der Waals surface area contributed by atoms with Gasteiger partial charge in [0.25, 0.3) is 5.91 Å². The average molecular weight is 562 g/mol. The lowest BCUT2D eigenvalue weighted by Gasteiger charge is -2.27. The number of halogens is 4. The number of rotatable bonds is 4. The van der Waals surface area contributed by atoms with Crippen molar-refractivity contribution in [3.8, 4) is 5.69 Å². The predicted molar refractivity (Wildman–Crippen MR) is 141 cm³/mol. The molecule has 11 heteroatoms. The molecule has 1 saturated heterocycles. The van der Waals surface area contributed by atoms with E-state index in [-0.39, 0.29) is 5.91 Å². The minimum absolute atomic E-state index is 0.0712. The van der Waals surface area contributed by atoms with Gasteiger partial charge < -0.3 is 19.9 Å². The van der Waals surface area contributed by atoms with Gasteiger partial charge in [-0.15, -0.1) is 0 Å². The highest BCUT2D eigenvalue weighted by atomic mass is 35.5. The molecule has 38 heavy (non-hydrogen) atoms. The first-order chi connectivity index (χ1) is 18.2. The van der Waals surface area contributed by atoms with Crippen LogP contribution in [0.3, 0.4) is 0 Å². The number of nitrogens with one attached hydrogen (secondary N) is 1. The Balaban J connectivity index is 0.000000426. The summed E-state index contributed by atoms with van der Waals surface area (Å²) in [5.74, 6) is -2.69. The molecule has 1 amide bonds. The molecule has 0 atom stereocenters. The van der Waals surface area contributed by atoms with E-state index >= 15 is 0 Å². The number of hydrogen-bond acceptors (Lipinski definition) is 4. The van der Waals surface area contributed by atoms with Gasteiger partial charge in [-0.1, -0.05) is 71.9 Å². The molecule has 198 valence electrons. The van der Waals surface area contributed by atoms with Gasteiger partial charge in [0.1, 0.15) is 0 Å². The van der Waals surface area contributed by atoms with Gasteiger partial charge in [0.2, 0.25) is 0 Å². The summed E-state index contributed by atoms with van der Waals surface area (Å²) in [6, 6.07) is 26.1. The zero-order valence-electron chi connectivity index (χ0n) is 19.9. The lowest BCUT2D eigenvalue weighted by Crippen LogP contribution is -2.46. The van der Waals surface area contributed by atoms with Crippen molar-refractivity contribution < 1.29 is 27.9 Å². The largest absolute Gasteiger partial charge is 0.490 e. The molecule has 1 aliphatic heterocycles. The summed E-state index contributed by atoms with van der Waals surface area (Å²) in [5, 5.41) is 13.0. The number of aliphatic carboxylic acids is 1. The molecule has 0 bridgehead atoms. The number of carboxylic acids is 1. The lowest BCUT2D eigenvalue weighted by atomic mass is 10.1. The number of alkyl halides is 3. The Morgan fingerprint density at radius 3 is 2.11 bits per heavy atom. The highest BCUT2D eigenvalue weighted by molar-refractivity contribution is 7.99. The second kappa shape index (κ2) is 11.9. The second-order valence-corrected chi connectivity index (χ2v) is 9.68. The van der Waals surface area contributed by atoms with Crippen LogP contribution in [0.1, 0.15) is 10.4 Å². The molecule has 0 unspecified atom stereocenters. The first kappa shape index (κ1) is 27.6. The molecule has 2 heterocycles. The minimum atomic E-state index is -5.08. The van der Waals surface area contributed by atoms with Crippen molar-refractivity contribution in [1.82, 2.24) is 14.8 Å². The molecule has 2 N–H and O–H groups in total. The molecule has 0 radical (unpaired) electrons. The van der Waals surface area contributed by atoms with E-state index < -0.39 is 12.1 Å². The first-order valence-corrected chi connectivity index (χ1v) is 12.8. The van der Waals surface area contributed by atoms with Crippen molar-refractivity contribution >= 4 is 46.1 Å². The van der Waals surface area contributed by atoms with Crippen molar-refractivity contribution in [2.75, 3.05) is 26.2 Å². The number of carbonyl (C=O) groups excluding carboxylic acids is 1. The fourth-order valence-corrected chi connectivity index (χ4v) is 5.38. The quantitative estimate of drug-likeness (QED) is 0.314. The number of carboxylic acid groups (broad SMARTS) is 1. The maximum Gasteiger partial charge on any atom is 0.490 e. The van der Waals surface area contributed by atoms with Gasteiger partial charge in [-0.2, -0.15) is 13.2 Å². The Labute approximate surface area is 226 Å². The first-order valence-electron chi connectivity index (χ1n) is 11.6. The van der Waals surface area contributed by atoms with Crippen molar-refractivity contribution in [2.45, 2.75) is 16.1 Å². The van der Waals surface area contributed by atoms with E-state index in [1.165, 1.54) is 0 Å². The number of nitrogens with zero attached hydrogens (tertiary/aromatic N) is 2. The van der Waals surface area contributed by atoms with Crippen molar-refractivity contribution in [3.63, 3.8) is 0 Å². The molecule has 0 aliphatic carbocycles. The van der Waals surface area contributed by atoms with Crippen molar-refractivity contribution in [3.05, 3.63) is 89.4 Å². The van der Waals surface area contributed by atoms with Crippen LogP contribution in [0.5, 0.6) is 0 Å². The molecule has 0 spiro atoms. The predicted octanol–water partition coefficient (Wildman–Crippen LogP) is 6.11. The Morgan fingerprint density at radius 2 is 1.47 bits per heavy atom. The number of hydrogen-bond donors (Lipinski definition) is 2. The van der Waals surface area contributed by atoms with Crippen LogP contribution in [0.15, 0.2) is 88.8 Å². The third-order valence-corrected chi connectivity index (χ3v) is 7.35. The highest BCUT2D eigenvalue weighted by Gasteiger charge is 2.38. The van der Waals surface area contributed by atoms with Gasteiger partial charge in [-0.3, -0.25) is 4.79 Å². The summed E-state index contributed by atoms with van der Waals surface area (Å²) < 4.78 is 33.9. The van der Waals surface area contributed by atoms with Gasteiger partial charge in [0.15, 0.2) is 0 Å². The maximum atomic E-state index is 13.8. The summed E-state index contributed by atoms with van der Waals surface area (Å²) in [7, 11) is 0. The fraction of sp³-hybridized carbons (Fsp3) is 0.185. The van der Waals surface area contributed by atoms with E-state index in [1.807, 2.05) is 65.6 Å². The van der Waals surface area contributed by atoms with E-state index in [2.05, 4.69) is 28.1 Å². The van der Waals surface area contributed by atoms with Crippen LogP contribution in [0.4, 0.5) is 13.2 Å². The SMILES string of the molecule is O=C(O)C(F)(F)F.O=C(c1c(Sc2ccccc2Cl)n(-c2ccccc2)c2ccccc12)N1CCNCC1. The minimum Gasteiger partial charge on any atom is -0.475 e. The number of carbonyl (C=O) groups is 2. The van der Waals surface area contributed by atoms with Crippen LogP contribution in [-0.2, 0) is 4.79 Å². The number of piperazine rings is 1. The summed E-state index contributed by atoms with van der Waals surface area (Å²) >= 11 is 8.07. The summed E-state index contributed by atoms with van der Waals surface area (Å²) in [4.78, 5) is 25.6. The van der Waals surface area contributed by atoms with E-state index in [4.69, 9.17) is 21.5 Å². The van der Waals surface area contributed by atoms with Crippen LogP contribution in [-0.4, -0.2) is 58.8 Å². The smallest absolute Gasteiger partial charge is 0.475 e. The zero-order valence-corrected chi connectivity index (χ0v) is 21.5. The van der Waals surface area contributed by atoms with Gasteiger partial charge in [-0.05, 0) is 30.3 Å². The van der Waals surface area contributed by atoms with Crippen LogP contribution in [0, 0.1) is 0 Å². The Kier molecular flexibility index (Phi) is 8.65. The topological polar surface area (TPSA) is 74.6 Å². The average Bonchev–Trinajstić information content (AvgIpc) is 3.24. The normalized spacial score (nSPS) is 13.6. The number of benzene rings is 3. The monoisotopic (exact) mass is 561 g/mol. The molecule has 3 aromatic carbocycles. The third kappa shape index (κ3) is 6.15. The third-order valence-electron chi connectivity index (χ3n) is 5.75. The van der Waals surface area contributed by atoms with E-state index in [0.717, 1.165) is 45.2 Å². The van der Waals surface area contributed by atoms with Crippen LogP contribution < -0.4 is 5.32 Å². The van der Waals surface area contributed by atoms with Crippen LogP contribution in [0.2, 0.25) is 5.02 Å². The van der Waals surface area contributed by atoms with Gasteiger partial charge in [0.05, 0.1) is 21.1 Å². The molecular weight excluding hydrogens is 539 g/mol. The summed E-state index contributed by atoms with van der Waals surface area (Å²) in [6.07, 6.45) is -5.08. The molecule has 1 aliphatic rings. The number of para-hydroxylation sites is 2. The van der Waals surface area contributed by atoms with Gasteiger partial charge in [-0.25, -0.2) is 4.79 Å². The molecule has 5 rings (SSSR count). The van der Waals surface area contributed by atoms with Crippen molar-refractivity contribution in [2.24, 2.45) is 0 Å². The standard InChI is InChI=1S/C25H22ClN3OS.C2HF3O2/c26-20-11-5-7-13-22(20)31-25-23(24(30)28-16-14-27-15-17-28)19-10-4-6-12-21(19)29(25)18-8-2-1-3-9-18;3-2(4,5)1(6)7/h1-13,27H,14-17H2;(H,6,7). The highest BCUT2D eigenvalue weighted by Crippen LogP contribution is 2.42. The number of amides is 1.